The molecule has 3 aromatic rings. The van der Waals surface area contributed by atoms with Gasteiger partial charge in [-0.25, -0.2) is 9.07 Å². The first-order valence-electron chi connectivity index (χ1n) is 7.44. The fourth-order valence-electron chi connectivity index (χ4n) is 2.19. The summed E-state index contributed by atoms with van der Waals surface area (Å²) < 4.78 is 20.1. The van der Waals surface area contributed by atoms with Gasteiger partial charge in [-0.05, 0) is 19.1 Å². The molecule has 0 atom stereocenters. The number of carbonyl (C=O) groups excluding carboxylic acids is 1. The Hall–Kier alpha value is -2.81. The van der Waals surface area contributed by atoms with Crippen molar-refractivity contribution < 1.29 is 13.6 Å². The Morgan fingerprint density at radius 3 is 2.88 bits per heavy atom. The van der Waals surface area contributed by atoms with E-state index in [1.54, 1.807) is 37.5 Å². The van der Waals surface area contributed by atoms with Gasteiger partial charge in [-0.15, -0.1) is 10.2 Å². The van der Waals surface area contributed by atoms with Crippen molar-refractivity contribution in [3.63, 3.8) is 0 Å². The summed E-state index contributed by atoms with van der Waals surface area (Å²) in [4.78, 5) is 11.9. The number of amides is 1. The van der Waals surface area contributed by atoms with Crippen molar-refractivity contribution in [2.45, 2.75) is 18.6 Å². The van der Waals surface area contributed by atoms with E-state index >= 15 is 0 Å². The maximum Gasteiger partial charge on any atom is 0.230 e. The number of nitrogens with two attached hydrogens (primary N) is 1. The molecule has 0 spiro atoms. The van der Waals surface area contributed by atoms with E-state index in [2.05, 4.69) is 15.5 Å². The van der Waals surface area contributed by atoms with Crippen LogP contribution in [0.25, 0.3) is 11.4 Å². The Bertz CT molecular complexity index is 892. The Morgan fingerprint density at radius 1 is 1.36 bits per heavy atom. The van der Waals surface area contributed by atoms with Gasteiger partial charge in [0.05, 0.1) is 17.6 Å². The molecule has 0 aliphatic heterocycles. The maximum atomic E-state index is 13.5. The molecule has 0 saturated heterocycles. The number of nitrogens with zero attached hydrogens (tertiary/aromatic N) is 3. The molecule has 0 aliphatic rings. The molecule has 3 N–H and O–H groups in total. The van der Waals surface area contributed by atoms with E-state index in [1.807, 2.05) is 0 Å². The molecule has 25 heavy (non-hydrogen) atoms. The predicted molar refractivity (Wildman–Crippen MR) is 91.6 cm³/mol. The summed E-state index contributed by atoms with van der Waals surface area (Å²) in [5.74, 6) is 6.61. The number of thioether (sulfide) groups is 1. The van der Waals surface area contributed by atoms with Crippen molar-refractivity contribution in [1.82, 2.24) is 20.2 Å². The number of nitrogen functional groups attached to an aromatic ring is 1. The number of nitrogens with one attached hydrogen (secondary N) is 1. The number of carbonyl (C=O) groups is 1. The number of hydrogen-bond donors (Lipinski definition) is 2. The lowest BCUT2D eigenvalue weighted by Crippen LogP contribution is -2.25. The van der Waals surface area contributed by atoms with Crippen molar-refractivity contribution in [1.29, 1.82) is 0 Å². The van der Waals surface area contributed by atoms with Crippen LogP contribution in [0, 0.1) is 12.7 Å². The van der Waals surface area contributed by atoms with Crippen molar-refractivity contribution in [3.8, 4) is 11.4 Å². The van der Waals surface area contributed by atoms with Gasteiger partial charge in [0, 0.05) is 12.1 Å². The Balaban J connectivity index is 1.57. The molecule has 130 valence electrons. The van der Waals surface area contributed by atoms with Crippen LogP contribution in [0.2, 0.25) is 0 Å². The molecule has 9 heteroatoms. The van der Waals surface area contributed by atoms with Crippen LogP contribution in [-0.2, 0) is 11.3 Å². The summed E-state index contributed by atoms with van der Waals surface area (Å²) in [5, 5.41) is 11.1. The summed E-state index contributed by atoms with van der Waals surface area (Å²) >= 11 is 1.15. The highest BCUT2D eigenvalue weighted by atomic mass is 32.2. The van der Waals surface area contributed by atoms with E-state index in [0.717, 1.165) is 17.3 Å². The van der Waals surface area contributed by atoms with Crippen LogP contribution >= 0.6 is 11.8 Å². The first kappa shape index (κ1) is 17.0. The minimum absolute atomic E-state index is 0.0914. The zero-order chi connectivity index (χ0) is 17.8. The van der Waals surface area contributed by atoms with E-state index in [1.165, 1.54) is 10.7 Å². The molecule has 7 nitrogen and oxygen atoms in total. The molecule has 0 aliphatic carbocycles. The topological polar surface area (TPSA) is 99.0 Å². The van der Waals surface area contributed by atoms with Gasteiger partial charge in [0.1, 0.15) is 11.6 Å². The normalized spacial score (nSPS) is 10.8. The highest BCUT2D eigenvalue weighted by molar-refractivity contribution is 7.99. The Morgan fingerprint density at radius 2 is 2.16 bits per heavy atom. The van der Waals surface area contributed by atoms with Crippen LogP contribution in [0.5, 0.6) is 0 Å². The predicted octanol–water partition coefficient (Wildman–Crippen LogP) is 2.11. The average molecular weight is 361 g/mol. The smallest absolute Gasteiger partial charge is 0.230 e. The van der Waals surface area contributed by atoms with Crippen LogP contribution in [0.1, 0.15) is 11.3 Å². The minimum atomic E-state index is -0.350. The molecule has 2 heterocycles. The van der Waals surface area contributed by atoms with Gasteiger partial charge in [-0.1, -0.05) is 30.0 Å². The van der Waals surface area contributed by atoms with Gasteiger partial charge in [0.25, 0.3) is 0 Å². The van der Waals surface area contributed by atoms with E-state index in [0.29, 0.717) is 22.3 Å². The molecule has 2 aromatic heterocycles. The van der Waals surface area contributed by atoms with E-state index < -0.39 is 0 Å². The Labute approximate surface area is 147 Å². The fraction of sp³-hybridized carbons (Fsp3) is 0.188. The lowest BCUT2D eigenvalue weighted by Gasteiger charge is -2.06. The standard InChI is InChI=1S/C16H16FN5O2S/c1-10-12(6-7-24-10)15-20-21-16(22(15)18)25-9-14(23)19-8-11-4-2-3-5-13(11)17/h2-7H,8-9,18H2,1H3,(H,19,23). The second kappa shape index (κ2) is 7.39. The van der Waals surface area contributed by atoms with Crippen LogP contribution in [0.4, 0.5) is 4.39 Å². The van der Waals surface area contributed by atoms with Gasteiger partial charge in [0.2, 0.25) is 11.1 Å². The van der Waals surface area contributed by atoms with Crippen molar-refractivity contribution >= 4 is 17.7 Å². The minimum Gasteiger partial charge on any atom is -0.469 e. The molecule has 1 amide bonds. The van der Waals surface area contributed by atoms with Crippen LogP contribution in [-0.4, -0.2) is 26.5 Å². The summed E-state index contributed by atoms with van der Waals surface area (Å²) in [6, 6.07) is 8.04. The molecule has 0 bridgehead atoms. The quantitative estimate of drug-likeness (QED) is 0.515. The van der Waals surface area contributed by atoms with Crippen molar-refractivity contribution in [2.24, 2.45) is 0 Å². The van der Waals surface area contributed by atoms with Crippen LogP contribution in [0.3, 0.4) is 0 Å². The van der Waals surface area contributed by atoms with Gasteiger partial charge in [0.15, 0.2) is 5.82 Å². The van der Waals surface area contributed by atoms with E-state index in [-0.39, 0.29) is 24.0 Å². The van der Waals surface area contributed by atoms with Crippen molar-refractivity contribution in [3.05, 3.63) is 53.7 Å². The van der Waals surface area contributed by atoms with Crippen molar-refractivity contribution in [2.75, 3.05) is 11.6 Å². The number of aryl methyl sites for hydroxylation is 1. The zero-order valence-electron chi connectivity index (χ0n) is 13.4. The number of aromatic nitrogens is 3. The van der Waals surface area contributed by atoms with Gasteiger partial charge in [-0.3, -0.25) is 4.79 Å². The lowest BCUT2D eigenvalue weighted by atomic mass is 10.2. The molecular weight excluding hydrogens is 345 g/mol. The summed E-state index contributed by atoms with van der Waals surface area (Å²) in [7, 11) is 0. The summed E-state index contributed by atoms with van der Waals surface area (Å²) in [6.07, 6.45) is 1.54. The molecule has 0 saturated carbocycles. The molecule has 0 fully saturated rings. The van der Waals surface area contributed by atoms with E-state index in [4.69, 9.17) is 10.3 Å². The first-order chi connectivity index (χ1) is 12.1. The summed E-state index contributed by atoms with van der Waals surface area (Å²) in [5.41, 5.74) is 1.17. The third-order valence-corrected chi connectivity index (χ3v) is 4.47. The first-order valence-corrected chi connectivity index (χ1v) is 8.42. The fourth-order valence-corrected chi connectivity index (χ4v) is 2.88. The Kier molecular flexibility index (Phi) is 5.03. The van der Waals surface area contributed by atoms with Gasteiger partial charge >= 0.3 is 0 Å². The largest absolute Gasteiger partial charge is 0.469 e. The number of benzene rings is 1. The third-order valence-electron chi connectivity index (χ3n) is 3.53. The number of halogens is 1. The third kappa shape index (κ3) is 3.82. The summed E-state index contributed by atoms with van der Waals surface area (Å²) in [6.45, 7) is 1.92. The lowest BCUT2D eigenvalue weighted by molar-refractivity contribution is -0.118. The monoisotopic (exact) mass is 361 g/mol. The highest BCUT2D eigenvalue weighted by Crippen LogP contribution is 2.24. The van der Waals surface area contributed by atoms with Crippen LogP contribution < -0.4 is 11.2 Å². The SMILES string of the molecule is Cc1occc1-c1nnc(SCC(=O)NCc2ccccc2F)n1N. The number of rotatable bonds is 6. The second-order valence-corrected chi connectivity index (χ2v) is 6.17. The highest BCUT2D eigenvalue weighted by Gasteiger charge is 2.16. The molecule has 3 rings (SSSR count). The molecule has 0 radical (unpaired) electrons. The number of hydrogen-bond acceptors (Lipinski definition) is 6. The van der Waals surface area contributed by atoms with E-state index in [9.17, 15) is 9.18 Å². The van der Waals surface area contributed by atoms with Gasteiger partial charge in [-0.2, -0.15) is 0 Å². The molecule has 0 unspecified atom stereocenters. The number of furan rings is 1. The second-order valence-electron chi connectivity index (χ2n) is 5.22. The average Bonchev–Trinajstić information content (AvgIpc) is 3.17. The van der Waals surface area contributed by atoms with Gasteiger partial charge < -0.3 is 15.6 Å². The zero-order valence-corrected chi connectivity index (χ0v) is 14.2. The molecule has 1 aromatic carbocycles. The molecular formula is C16H16FN5O2S. The maximum absolute atomic E-state index is 13.5. The van der Waals surface area contributed by atoms with Crippen LogP contribution in [0.15, 0.2) is 46.2 Å².